The van der Waals surface area contributed by atoms with Gasteiger partial charge in [-0.1, -0.05) is 13.0 Å². The number of rotatable bonds is 7. The minimum atomic E-state index is -0.364. The first-order valence-corrected chi connectivity index (χ1v) is 6.97. The van der Waals surface area contributed by atoms with Crippen LogP contribution in [-0.2, 0) is 6.42 Å². The van der Waals surface area contributed by atoms with E-state index in [-0.39, 0.29) is 18.0 Å². The molecule has 1 aromatic rings. The number of carbonyl (C=O) groups excluding carboxylic acids is 1. The van der Waals surface area contributed by atoms with E-state index >= 15 is 0 Å². The van der Waals surface area contributed by atoms with Crippen LogP contribution in [0.15, 0.2) is 18.2 Å². The predicted molar refractivity (Wildman–Crippen MR) is 77.2 cm³/mol. The van der Waals surface area contributed by atoms with E-state index in [0.717, 1.165) is 11.1 Å². The van der Waals surface area contributed by atoms with Crippen LogP contribution in [0, 0.1) is 12.7 Å². The number of amides is 2. The summed E-state index contributed by atoms with van der Waals surface area (Å²) in [5.41, 5.74) is 1.91. The molecule has 0 aromatic heterocycles. The van der Waals surface area contributed by atoms with Crippen LogP contribution in [0.2, 0.25) is 0 Å². The molecule has 0 saturated carbocycles. The fourth-order valence-electron chi connectivity index (χ4n) is 1.87. The second kappa shape index (κ2) is 8.53. The molecular weight excluding hydrogens is 259 g/mol. The van der Waals surface area contributed by atoms with E-state index < -0.39 is 0 Å². The molecule has 0 bridgehead atoms. The average Bonchev–Trinajstić information content (AvgIpc) is 2.41. The summed E-state index contributed by atoms with van der Waals surface area (Å²) in [6.07, 6.45) is 1.54. The summed E-state index contributed by atoms with van der Waals surface area (Å²) in [6, 6.07) is 4.41. The molecule has 0 aliphatic carbocycles. The molecule has 0 aliphatic heterocycles. The van der Waals surface area contributed by atoms with Gasteiger partial charge in [-0.25, -0.2) is 9.18 Å². The Balaban J connectivity index is 2.21. The van der Waals surface area contributed by atoms with Gasteiger partial charge >= 0.3 is 6.03 Å². The van der Waals surface area contributed by atoms with Crippen molar-refractivity contribution in [1.82, 2.24) is 10.6 Å². The Kier molecular flexibility index (Phi) is 7.01. The van der Waals surface area contributed by atoms with Crippen molar-refractivity contribution in [2.75, 3.05) is 13.1 Å². The van der Waals surface area contributed by atoms with Gasteiger partial charge in [-0.2, -0.15) is 0 Å². The van der Waals surface area contributed by atoms with Crippen molar-refractivity contribution in [3.8, 4) is 0 Å². The molecule has 1 unspecified atom stereocenters. The standard InChI is InChI=1S/C15H23FN2O2/c1-3-14(19)7-9-18-15(20)17-8-6-12-4-5-13(16)10-11(12)2/h4-5,10,14,19H,3,6-9H2,1-2H3,(H2,17,18,20). The molecule has 0 radical (unpaired) electrons. The summed E-state index contributed by atoms with van der Waals surface area (Å²) < 4.78 is 12.9. The zero-order valence-corrected chi connectivity index (χ0v) is 12.1. The van der Waals surface area contributed by atoms with Gasteiger partial charge in [0.25, 0.3) is 0 Å². The Hall–Kier alpha value is -1.62. The quantitative estimate of drug-likeness (QED) is 0.717. The lowest BCUT2D eigenvalue weighted by Gasteiger charge is -2.10. The topological polar surface area (TPSA) is 61.4 Å². The normalized spacial score (nSPS) is 12.0. The maximum atomic E-state index is 12.9. The first kappa shape index (κ1) is 16.4. The van der Waals surface area contributed by atoms with Crippen molar-refractivity contribution in [2.24, 2.45) is 0 Å². The Labute approximate surface area is 119 Å². The van der Waals surface area contributed by atoms with Gasteiger partial charge in [0.2, 0.25) is 0 Å². The first-order valence-electron chi connectivity index (χ1n) is 6.97. The lowest BCUT2D eigenvalue weighted by atomic mass is 10.1. The molecule has 1 atom stereocenters. The van der Waals surface area contributed by atoms with E-state index in [9.17, 15) is 14.3 Å². The summed E-state index contributed by atoms with van der Waals surface area (Å²) in [5.74, 6) is -0.244. The maximum Gasteiger partial charge on any atom is 0.314 e. The van der Waals surface area contributed by atoms with Gasteiger partial charge in [-0.05, 0) is 49.4 Å². The number of urea groups is 1. The van der Waals surface area contributed by atoms with Gasteiger partial charge in [0.1, 0.15) is 5.82 Å². The van der Waals surface area contributed by atoms with Crippen molar-refractivity contribution in [3.05, 3.63) is 35.1 Å². The van der Waals surface area contributed by atoms with E-state index in [0.29, 0.717) is 32.4 Å². The minimum absolute atomic E-state index is 0.243. The number of carbonyl (C=O) groups is 1. The third-order valence-electron chi connectivity index (χ3n) is 3.22. The van der Waals surface area contributed by atoms with E-state index in [1.54, 1.807) is 6.07 Å². The van der Waals surface area contributed by atoms with E-state index in [1.165, 1.54) is 12.1 Å². The molecule has 1 rings (SSSR count). The molecular formula is C15H23FN2O2. The molecule has 112 valence electrons. The number of hydrogen-bond acceptors (Lipinski definition) is 2. The van der Waals surface area contributed by atoms with Gasteiger partial charge < -0.3 is 15.7 Å². The van der Waals surface area contributed by atoms with Crippen LogP contribution in [0.5, 0.6) is 0 Å². The summed E-state index contributed by atoms with van der Waals surface area (Å²) in [7, 11) is 0. The van der Waals surface area contributed by atoms with Crippen molar-refractivity contribution >= 4 is 6.03 Å². The van der Waals surface area contributed by atoms with Gasteiger partial charge in [-0.3, -0.25) is 0 Å². The summed E-state index contributed by atoms with van der Waals surface area (Å²) in [5, 5.41) is 14.8. The largest absolute Gasteiger partial charge is 0.393 e. The van der Waals surface area contributed by atoms with Crippen LogP contribution in [-0.4, -0.2) is 30.3 Å². The van der Waals surface area contributed by atoms with Gasteiger partial charge in [0.15, 0.2) is 0 Å². The highest BCUT2D eigenvalue weighted by molar-refractivity contribution is 5.73. The van der Waals surface area contributed by atoms with Gasteiger partial charge in [0.05, 0.1) is 6.10 Å². The first-order chi connectivity index (χ1) is 9.52. The molecule has 1 aromatic carbocycles. The number of aliphatic hydroxyl groups is 1. The molecule has 0 fully saturated rings. The van der Waals surface area contributed by atoms with Crippen LogP contribution < -0.4 is 10.6 Å². The predicted octanol–water partition coefficient (Wildman–Crippen LogP) is 2.14. The smallest absolute Gasteiger partial charge is 0.314 e. The monoisotopic (exact) mass is 282 g/mol. The molecule has 3 N–H and O–H groups in total. The summed E-state index contributed by atoms with van der Waals surface area (Å²) in [4.78, 5) is 11.5. The zero-order valence-electron chi connectivity index (χ0n) is 12.1. The van der Waals surface area contributed by atoms with E-state index in [1.807, 2.05) is 13.8 Å². The Morgan fingerprint density at radius 1 is 1.35 bits per heavy atom. The average molecular weight is 282 g/mol. The number of nitrogens with one attached hydrogen (secondary N) is 2. The number of hydrogen-bond donors (Lipinski definition) is 3. The van der Waals surface area contributed by atoms with Crippen molar-refractivity contribution in [3.63, 3.8) is 0 Å². The van der Waals surface area contributed by atoms with Crippen LogP contribution in [0.3, 0.4) is 0 Å². The summed E-state index contributed by atoms with van der Waals surface area (Å²) in [6.45, 7) is 4.70. The fraction of sp³-hybridized carbons (Fsp3) is 0.533. The number of halogens is 1. The summed E-state index contributed by atoms with van der Waals surface area (Å²) >= 11 is 0. The molecule has 4 nitrogen and oxygen atoms in total. The molecule has 20 heavy (non-hydrogen) atoms. The molecule has 0 spiro atoms. The molecule has 0 aliphatic rings. The highest BCUT2D eigenvalue weighted by Gasteiger charge is 2.04. The third-order valence-corrected chi connectivity index (χ3v) is 3.22. The number of aliphatic hydroxyl groups excluding tert-OH is 1. The fourth-order valence-corrected chi connectivity index (χ4v) is 1.87. The molecule has 2 amide bonds. The van der Waals surface area contributed by atoms with Crippen molar-refractivity contribution in [1.29, 1.82) is 0 Å². The van der Waals surface area contributed by atoms with Crippen molar-refractivity contribution in [2.45, 2.75) is 39.2 Å². The van der Waals surface area contributed by atoms with Crippen LogP contribution >= 0.6 is 0 Å². The highest BCUT2D eigenvalue weighted by atomic mass is 19.1. The molecule has 0 saturated heterocycles. The molecule has 5 heteroatoms. The van der Waals surface area contributed by atoms with Crippen LogP contribution in [0.25, 0.3) is 0 Å². The lowest BCUT2D eigenvalue weighted by Crippen LogP contribution is -2.37. The molecule has 0 heterocycles. The minimum Gasteiger partial charge on any atom is -0.393 e. The maximum absolute atomic E-state index is 12.9. The highest BCUT2D eigenvalue weighted by Crippen LogP contribution is 2.10. The Morgan fingerprint density at radius 3 is 2.70 bits per heavy atom. The zero-order chi connectivity index (χ0) is 15.0. The van der Waals surface area contributed by atoms with Gasteiger partial charge in [-0.15, -0.1) is 0 Å². The number of benzene rings is 1. The Bertz CT molecular complexity index is 438. The second-order valence-electron chi connectivity index (χ2n) is 4.85. The van der Waals surface area contributed by atoms with Crippen LogP contribution in [0.1, 0.15) is 30.9 Å². The number of aryl methyl sites for hydroxylation is 1. The van der Waals surface area contributed by atoms with Crippen molar-refractivity contribution < 1.29 is 14.3 Å². The SMILES string of the molecule is CCC(O)CCNC(=O)NCCc1ccc(F)cc1C. The van der Waals surface area contributed by atoms with Gasteiger partial charge in [0, 0.05) is 13.1 Å². The Morgan fingerprint density at radius 2 is 2.05 bits per heavy atom. The lowest BCUT2D eigenvalue weighted by molar-refractivity contribution is 0.160. The van der Waals surface area contributed by atoms with E-state index in [4.69, 9.17) is 0 Å². The second-order valence-corrected chi connectivity index (χ2v) is 4.85. The van der Waals surface area contributed by atoms with Crippen LogP contribution in [0.4, 0.5) is 9.18 Å². The third kappa shape index (κ3) is 6.02. The van der Waals surface area contributed by atoms with E-state index in [2.05, 4.69) is 10.6 Å².